The van der Waals surface area contributed by atoms with Crippen LogP contribution in [0.1, 0.15) is 31.1 Å². The van der Waals surface area contributed by atoms with Crippen LogP contribution in [0.3, 0.4) is 0 Å². The van der Waals surface area contributed by atoms with Crippen molar-refractivity contribution in [2.75, 3.05) is 0 Å². The van der Waals surface area contributed by atoms with E-state index >= 15 is 0 Å². The molecule has 1 atom stereocenters. The summed E-state index contributed by atoms with van der Waals surface area (Å²) in [5.41, 5.74) is 1.45. The Kier molecular flexibility index (Phi) is 3.94. The molecular formula is C14H17N3O2. The van der Waals surface area contributed by atoms with E-state index in [1.54, 1.807) is 29.4 Å². The van der Waals surface area contributed by atoms with Crippen molar-refractivity contribution in [2.45, 2.75) is 26.9 Å². The first-order chi connectivity index (χ1) is 9.08. The van der Waals surface area contributed by atoms with Crippen molar-refractivity contribution in [1.29, 1.82) is 0 Å². The summed E-state index contributed by atoms with van der Waals surface area (Å²) in [4.78, 5) is 11.9. The lowest BCUT2D eigenvalue weighted by atomic mass is 10.1. The zero-order chi connectivity index (χ0) is 13.8. The number of ether oxygens (including phenoxy) is 1. The van der Waals surface area contributed by atoms with E-state index in [1.165, 1.54) is 0 Å². The minimum Gasteiger partial charge on any atom is -0.459 e. The third-order valence-electron chi connectivity index (χ3n) is 3.05. The van der Waals surface area contributed by atoms with Gasteiger partial charge >= 0.3 is 5.97 Å². The van der Waals surface area contributed by atoms with E-state index in [0.717, 1.165) is 5.69 Å². The zero-order valence-corrected chi connectivity index (χ0v) is 11.3. The molecule has 2 rings (SSSR count). The number of carbonyl (C=O) groups excluding carboxylic acids is 1. The topological polar surface area (TPSA) is 57.0 Å². The van der Waals surface area contributed by atoms with Crippen LogP contribution in [0.4, 0.5) is 0 Å². The molecule has 0 amide bonds. The molecule has 1 heterocycles. The van der Waals surface area contributed by atoms with Crippen LogP contribution in [-0.4, -0.2) is 26.8 Å². The summed E-state index contributed by atoms with van der Waals surface area (Å²) >= 11 is 0. The standard InChI is InChI=1S/C14H17N3O2/c1-10(2)11(3)19-14(18)12-4-6-13(7-5-12)17-8-15-16-9-17/h4-11H,1-3H3/t11-/m1/s1. The Morgan fingerprint density at radius 1 is 1.11 bits per heavy atom. The van der Waals surface area contributed by atoms with E-state index < -0.39 is 0 Å². The Balaban J connectivity index is 2.08. The fourth-order valence-corrected chi connectivity index (χ4v) is 1.48. The van der Waals surface area contributed by atoms with Crippen molar-refractivity contribution in [2.24, 2.45) is 5.92 Å². The number of aromatic nitrogens is 3. The highest BCUT2D eigenvalue weighted by molar-refractivity contribution is 5.89. The average Bonchev–Trinajstić information content (AvgIpc) is 2.92. The van der Waals surface area contributed by atoms with E-state index in [0.29, 0.717) is 11.5 Å². The van der Waals surface area contributed by atoms with Gasteiger partial charge in [0, 0.05) is 5.69 Å². The van der Waals surface area contributed by atoms with Crippen LogP contribution in [0.25, 0.3) is 5.69 Å². The maximum absolute atomic E-state index is 11.9. The minimum absolute atomic E-state index is 0.0926. The first kappa shape index (κ1) is 13.3. The van der Waals surface area contributed by atoms with Gasteiger partial charge in [0.05, 0.1) is 5.56 Å². The van der Waals surface area contributed by atoms with Crippen LogP contribution in [-0.2, 0) is 4.74 Å². The molecule has 0 spiro atoms. The molecule has 0 saturated heterocycles. The van der Waals surface area contributed by atoms with E-state index in [-0.39, 0.29) is 12.1 Å². The maximum atomic E-state index is 11.9. The number of nitrogens with zero attached hydrogens (tertiary/aromatic N) is 3. The molecule has 0 unspecified atom stereocenters. The summed E-state index contributed by atoms with van der Waals surface area (Å²) in [6.07, 6.45) is 3.12. The molecular weight excluding hydrogens is 242 g/mol. The molecule has 19 heavy (non-hydrogen) atoms. The monoisotopic (exact) mass is 259 g/mol. The normalized spacial score (nSPS) is 12.4. The average molecular weight is 259 g/mol. The lowest BCUT2D eigenvalue weighted by molar-refractivity contribution is 0.0238. The van der Waals surface area contributed by atoms with Crippen LogP contribution in [0.2, 0.25) is 0 Å². The highest BCUT2D eigenvalue weighted by Gasteiger charge is 2.14. The first-order valence-electron chi connectivity index (χ1n) is 6.24. The third kappa shape index (κ3) is 3.19. The van der Waals surface area contributed by atoms with E-state index in [4.69, 9.17) is 4.74 Å². The molecule has 100 valence electrons. The van der Waals surface area contributed by atoms with Crippen molar-refractivity contribution in [3.05, 3.63) is 42.5 Å². The van der Waals surface area contributed by atoms with E-state index in [2.05, 4.69) is 10.2 Å². The van der Waals surface area contributed by atoms with Gasteiger partial charge < -0.3 is 4.74 Å². The number of benzene rings is 1. The summed E-state index contributed by atoms with van der Waals surface area (Å²) in [7, 11) is 0. The summed E-state index contributed by atoms with van der Waals surface area (Å²) < 4.78 is 7.13. The lowest BCUT2D eigenvalue weighted by Gasteiger charge is -2.16. The second-order valence-electron chi connectivity index (χ2n) is 4.77. The molecule has 0 aliphatic rings. The summed E-state index contributed by atoms with van der Waals surface area (Å²) in [6.45, 7) is 5.94. The quantitative estimate of drug-likeness (QED) is 0.791. The van der Waals surface area contributed by atoms with Gasteiger partial charge in [-0.05, 0) is 37.1 Å². The lowest BCUT2D eigenvalue weighted by Crippen LogP contribution is -2.20. The molecule has 0 aliphatic heterocycles. The second-order valence-corrected chi connectivity index (χ2v) is 4.77. The van der Waals surface area contributed by atoms with Gasteiger partial charge in [-0.15, -0.1) is 10.2 Å². The van der Waals surface area contributed by atoms with Crippen molar-refractivity contribution in [1.82, 2.24) is 14.8 Å². The van der Waals surface area contributed by atoms with Gasteiger partial charge in [0.25, 0.3) is 0 Å². The predicted molar refractivity (Wildman–Crippen MR) is 71.1 cm³/mol. The number of hydrogen-bond donors (Lipinski definition) is 0. The molecule has 1 aromatic carbocycles. The molecule has 5 nitrogen and oxygen atoms in total. The van der Waals surface area contributed by atoms with E-state index in [9.17, 15) is 4.79 Å². The Labute approximate surface area is 112 Å². The summed E-state index contributed by atoms with van der Waals surface area (Å²) in [5.74, 6) is 0.0109. The fourth-order valence-electron chi connectivity index (χ4n) is 1.48. The zero-order valence-electron chi connectivity index (χ0n) is 11.3. The maximum Gasteiger partial charge on any atom is 0.338 e. The van der Waals surface area contributed by atoms with E-state index in [1.807, 2.05) is 32.9 Å². The predicted octanol–water partition coefficient (Wildman–Crippen LogP) is 2.47. The van der Waals surface area contributed by atoms with Crippen LogP contribution in [0.15, 0.2) is 36.9 Å². The Hall–Kier alpha value is -2.17. The SMILES string of the molecule is CC(C)[C@@H](C)OC(=O)c1ccc(-n2cnnc2)cc1. The van der Waals surface area contributed by atoms with Gasteiger partial charge in [0.2, 0.25) is 0 Å². The van der Waals surface area contributed by atoms with Gasteiger partial charge in [-0.25, -0.2) is 4.79 Å². The molecule has 0 fully saturated rings. The Bertz CT molecular complexity index is 532. The van der Waals surface area contributed by atoms with Crippen molar-refractivity contribution in [3.8, 4) is 5.69 Å². The van der Waals surface area contributed by atoms with Crippen LogP contribution >= 0.6 is 0 Å². The molecule has 0 radical (unpaired) electrons. The molecule has 1 aromatic heterocycles. The van der Waals surface area contributed by atoms with Crippen molar-refractivity contribution < 1.29 is 9.53 Å². The van der Waals surface area contributed by atoms with Gasteiger partial charge in [-0.3, -0.25) is 4.57 Å². The third-order valence-corrected chi connectivity index (χ3v) is 3.05. The number of esters is 1. The van der Waals surface area contributed by atoms with Gasteiger partial charge in [-0.1, -0.05) is 13.8 Å². The largest absolute Gasteiger partial charge is 0.459 e. The molecule has 0 aliphatic carbocycles. The Morgan fingerprint density at radius 2 is 1.68 bits per heavy atom. The van der Waals surface area contributed by atoms with Crippen LogP contribution in [0.5, 0.6) is 0 Å². The number of hydrogen-bond acceptors (Lipinski definition) is 4. The smallest absolute Gasteiger partial charge is 0.338 e. The van der Waals surface area contributed by atoms with Gasteiger partial charge in [-0.2, -0.15) is 0 Å². The summed E-state index contributed by atoms with van der Waals surface area (Å²) in [6, 6.07) is 7.15. The van der Waals surface area contributed by atoms with Crippen molar-refractivity contribution in [3.63, 3.8) is 0 Å². The summed E-state index contributed by atoms with van der Waals surface area (Å²) in [5, 5.41) is 7.47. The van der Waals surface area contributed by atoms with Crippen molar-refractivity contribution >= 4 is 5.97 Å². The van der Waals surface area contributed by atoms with Crippen LogP contribution in [0, 0.1) is 5.92 Å². The fraction of sp³-hybridized carbons (Fsp3) is 0.357. The molecule has 5 heteroatoms. The first-order valence-corrected chi connectivity index (χ1v) is 6.24. The minimum atomic E-state index is -0.295. The number of rotatable bonds is 4. The second kappa shape index (κ2) is 5.65. The molecule has 0 bridgehead atoms. The van der Waals surface area contributed by atoms with Gasteiger partial charge in [0.15, 0.2) is 0 Å². The highest BCUT2D eigenvalue weighted by Crippen LogP contribution is 2.12. The molecule has 2 aromatic rings. The highest BCUT2D eigenvalue weighted by atomic mass is 16.5. The van der Waals surface area contributed by atoms with Gasteiger partial charge in [0.1, 0.15) is 18.8 Å². The molecule has 0 saturated carbocycles. The number of carbonyl (C=O) groups is 1. The molecule has 0 N–H and O–H groups in total. The van der Waals surface area contributed by atoms with Crippen LogP contribution < -0.4 is 0 Å². The Morgan fingerprint density at radius 3 is 2.21 bits per heavy atom.